The maximum absolute atomic E-state index is 13.0. The summed E-state index contributed by atoms with van der Waals surface area (Å²) in [5, 5.41) is 5.71. The molecule has 0 spiro atoms. The van der Waals surface area contributed by atoms with Gasteiger partial charge in [-0.1, -0.05) is 119 Å². The normalized spacial score (nSPS) is 12.4. The standard InChI is InChI=1S/C39H75N5O6.C2H6/c1-5-9-13-16-24-32(22-11-7-3)37(47)49-30-20-15-18-26-35(45)44-34(27-29-43-39(40)41)36(46)42-28-19-21-31-50-38(48)33(23-12-8-4)25-17-14-10-6-2;1-2/h32-34H,5-31H2,1-4H3,(H,42,46)(H,44,45)(H4,40,41,43);1-2H3. The first-order valence-corrected chi connectivity index (χ1v) is 21.2. The molecule has 0 aromatic heterocycles. The second-order valence-corrected chi connectivity index (χ2v) is 13.7. The molecule has 0 rings (SSSR count). The Labute approximate surface area is 318 Å². The van der Waals surface area contributed by atoms with E-state index in [2.05, 4.69) is 43.3 Å². The number of nitrogens with two attached hydrogens (primary N) is 2. The highest BCUT2D eigenvalue weighted by Crippen LogP contribution is 2.20. The van der Waals surface area contributed by atoms with Gasteiger partial charge in [-0.05, 0) is 64.2 Å². The Bertz CT molecular complexity index is 912. The SMILES string of the molecule is CC.CCCCCCC(CCCC)C(=O)OCCCCCC(=O)NC(CCN=C(N)N)C(=O)NCCCCOC(=O)C(CCCC)CCCCCC. The fraction of sp³-hybridized carbons (Fsp3) is 0.878. The van der Waals surface area contributed by atoms with Gasteiger partial charge in [-0.15, -0.1) is 0 Å². The van der Waals surface area contributed by atoms with Crippen molar-refractivity contribution in [3.63, 3.8) is 0 Å². The van der Waals surface area contributed by atoms with E-state index in [1.54, 1.807) is 0 Å². The van der Waals surface area contributed by atoms with Crippen LogP contribution in [0.4, 0.5) is 0 Å². The van der Waals surface area contributed by atoms with Crippen LogP contribution in [0, 0.1) is 11.8 Å². The molecular weight excluding hydrogens is 658 g/mol. The molecule has 0 fully saturated rings. The molecule has 3 unspecified atom stereocenters. The lowest BCUT2D eigenvalue weighted by Gasteiger charge is -2.18. The lowest BCUT2D eigenvalue weighted by molar-refractivity contribution is -0.150. The van der Waals surface area contributed by atoms with Gasteiger partial charge < -0.3 is 31.6 Å². The van der Waals surface area contributed by atoms with Gasteiger partial charge in [0.25, 0.3) is 0 Å². The summed E-state index contributed by atoms with van der Waals surface area (Å²) in [4.78, 5) is 55.0. The van der Waals surface area contributed by atoms with Crippen LogP contribution in [-0.2, 0) is 28.7 Å². The minimum Gasteiger partial charge on any atom is -0.465 e. The van der Waals surface area contributed by atoms with Gasteiger partial charge >= 0.3 is 11.9 Å². The highest BCUT2D eigenvalue weighted by molar-refractivity contribution is 5.87. The van der Waals surface area contributed by atoms with E-state index in [1.165, 1.54) is 25.7 Å². The van der Waals surface area contributed by atoms with Gasteiger partial charge in [0.1, 0.15) is 6.04 Å². The zero-order chi connectivity index (χ0) is 39.2. The van der Waals surface area contributed by atoms with Gasteiger partial charge in [-0.2, -0.15) is 0 Å². The molecule has 3 atom stereocenters. The number of hydrogen-bond acceptors (Lipinski definition) is 7. The molecule has 0 aromatic rings. The van der Waals surface area contributed by atoms with Crippen LogP contribution in [0.3, 0.4) is 0 Å². The third kappa shape index (κ3) is 30.7. The van der Waals surface area contributed by atoms with Crippen molar-refractivity contribution in [2.75, 3.05) is 26.3 Å². The van der Waals surface area contributed by atoms with Crippen molar-refractivity contribution in [2.24, 2.45) is 28.3 Å². The zero-order valence-corrected chi connectivity index (χ0v) is 34.4. The third-order valence-corrected chi connectivity index (χ3v) is 9.06. The van der Waals surface area contributed by atoms with Crippen molar-refractivity contribution in [2.45, 2.75) is 195 Å². The third-order valence-electron chi connectivity index (χ3n) is 9.06. The number of esters is 2. The van der Waals surface area contributed by atoms with Crippen molar-refractivity contribution in [1.29, 1.82) is 0 Å². The number of carbonyl (C=O) groups excluding carboxylic acids is 4. The highest BCUT2D eigenvalue weighted by Gasteiger charge is 2.22. The van der Waals surface area contributed by atoms with Crippen LogP contribution >= 0.6 is 0 Å². The zero-order valence-electron chi connectivity index (χ0n) is 34.4. The highest BCUT2D eigenvalue weighted by atomic mass is 16.5. The van der Waals surface area contributed by atoms with E-state index in [0.717, 1.165) is 83.5 Å². The molecule has 0 aromatic carbocycles. The smallest absolute Gasteiger partial charge is 0.308 e. The minimum atomic E-state index is -0.770. The first-order chi connectivity index (χ1) is 25.2. The Kier molecular flexibility index (Phi) is 37.4. The number of aliphatic imine (C=N–C) groups is 1. The summed E-state index contributed by atoms with van der Waals surface area (Å²) < 4.78 is 11.2. The number of nitrogens with zero attached hydrogens (tertiary/aromatic N) is 1. The fourth-order valence-electron chi connectivity index (χ4n) is 5.86. The lowest BCUT2D eigenvalue weighted by atomic mass is 9.95. The van der Waals surface area contributed by atoms with E-state index in [-0.39, 0.29) is 60.9 Å². The molecular formula is C41H81N5O6. The quantitative estimate of drug-likeness (QED) is 0.0221. The Hall–Kier alpha value is -2.85. The van der Waals surface area contributed by atoms with E-state index < -0.39 is 6.04 Å². The summed E-state index contributed by atoms with van der Waals surface area (Å²) in [5.74, 6) is -0.840. The summed E-state index contributed by atoms with van der Waals surface area (Å²) in [5.41, 5.74) is 10.9. The van der Waals surface area contributed by atoms with Gasteiger partial charge in [-0.3, -0.25) is 24.2 Å². The van der Waals surface area contributed by atoms with Crippen LogP contribution in [0.25, 0.3) is 0 Å². The molecule has 0 aliphatic carbocycles. The number of guanidine groups is 1. The average molecular weight is 740 g/mol. The molecule has 0 saturated heterocycles. The van der Waals surface area contributed by atoms with E-state index >= 15 is 0 Å². The predicted octanol–water partition coefficient (Wildman–Crippen LogP) is 8.26. The summed E-state index contributed by atoms with van der Waals surface area (Å²) >= 11 is 0. The number of carbonyl (C=O) groups is 4. The molecule has 52 heavy (non-hydrogen) atoms. The molecule has 0 aliphatic heterocycles. The molecule has 6 N–H and O–H groups in total. The Morgan fingerprint density at radius 3 is 1.52 bits per heavy atom. The first-order valence-electron chi connectivity index (χ1n) is 21.2. The van der Waals surface area contributed by atoms with E-state index in [4.69, 9.17) is 20.9 Å². The van der Waals surface area contributed by atoms with Crippen LogP contribution in [0.1, 0.15) is 189 Å². The van der Waals surface area contributed by atoms with Crippen LogP contribution in [0.5, 0.6) is 0 Å². The molecule has 0 bridgehead atoms. The molecule has 11 heteroatoms. The maximum atomic E-state index is 13.0. The minimum absolute atomic E-state index is 0.0184. The molecule has 306 valence electrons. The number of rotatable bonds is 34. The number of ether oxygens (including phenoxy) is 2. The van der Waals surface area contributed by atoms with Crippen molar-refractivity contribution in [3.8, 4) is 0 Å². The maximum Gasteiger partial charge on any atom is 0.308 e. The summed E-state index contributed by atoms with van der Waals surface area (Å²) in [6.45, 7) is 13.9. The van der Waals surface area contributed by atoms with Crippen LogP contribution in [0.2, 0.25) is 0 Å². The van der Waals surface area contributed by atoms with Crippen LogP contribution in [-0.4, -0.2) is 62.1 Å². The molecule has 0 radical (unpaired) electrons. The second kappa shape index (κ2) is 37.9. The van der Waals surface area contributed by atoms with Crippen molar-refractivity contribution in [3.05, 3.63) is 0 Å². The summed E-state index contributed by atoms with van der Waals surface area (Å²) in [6.07, 6.45) is 20.7. The fourth-order valence-corrected chi connectivity index (χ4v) is 5.86. The number of amides is 2. The Morgan fingerprint density at radius 1 is 0.577 bits per heavy atom. The van der Waals surface area contributed by atoms with Gasteiger partial charge in [0.2, 0.25) is 11.8 Å². The molecule has 0 aliphatic rings. The number of nitrogens with one attached hydrogen (secondary N) is 2. The predicted molar refractivity (Wildman–Crippen MR) is 215 cm³/mol. The average Bonchev–Trinajstić information content (AvgIpc) is 3.13. The topological polar surface area (TPSA) is 175 Å². The number of hydrogen-bond donors (Lipinski definition) is 4. The molecule has 2 amide bonds. The van der Waals surface area contributed by atoms with Gasteiger partial charge in [-0.25, -0.2) is 0 Å². The van der Waals surface area contributed by atoms with Gasteiger partial charge in [0, 0.05) is 19.5 Å². The first kappa shape index (κ1) is 51.3. The van der Waals surface area contributed by atoms with Gasteiger partial charge in [0.05, 0.1) is 25.0 Å². The van der Waals surface area contributed by atoms with Crippen molar-refractivity contribution >= 4 is 29.7 Å². The van der Waals surface area contributed by atoms with E-state index in [0.29, 0.717) is 45.4 Å². The van der Waals surface area contributed by atoms with Crippen molar-refractivity contribution < 1.29 is 28.7 Å². The molecule has 11 nitrogen and oxygen atoms in total. The second-order valence-electron chi connectivity index (χ2n) is 13.7. The van der Waals surface area contributed by atoms with Crippen LogP contribution in [0.15, 0.2) is 4.99 Å². The van der Waals surface area contributed by atoms with E-state index in [1.807, 2.05) is 13.8 Å². The molecule has 0 saturated carbocycles. The number of unbranched alkanes of at least 4 members (excludes halogenated alkanes) is 11. The summed E-state index contributed by atoms with van der Waals surface area (Å²) in [6, 6.07) is -0.770. The largest absolute Gasteiger partial charge is 0.465 e. The Morgan fingerprint density at radius 2 is 1.04 bits per heavy atom. The van der Waals surface area contributed by atoms with Crippen molar-refractivity contribution in [1.82, 2.24) is 10.6 Å². The van der Waals surface area contributed by atoms with Crippen LogP contribution < -0.4 is 22.1 Å². The summed E-state index contributed by atoms with van der Waals surface area (Å²) in [7, 11) is 0. The van der Waals surface area contributed by atoms with Gasteiger partial charge in [0.15, 0.2) is 5.96 Å². The lowest BCUT2D eigenvalue weighted by Crippen LogP contribution is -2.47. The molecule has 0 heterocycles. The Balaban J connectivity index is 0. The van der Waals surface area contributed by atoms with E-state index in [9.17, 15) is 19.2 Å². The monoisotopic (exact) mass is 740 g/mol.